The van der Waals surface area contributed by atoms with Crippen molar-refractivity contribution >= 4 is 11.8 Å². The number of hydrogen-bond donors (Lipinski definition) is 0. The van der Waals surface area contributed by atoms with Gasteiger partial charge in [0.2, 0.25) is 0 Å². The Labute approximate surface area is 82.8 Å². The molecular weight excluding hydrogens is 178 g/mol. The molecule has 1 atom stereocenters. The predicted molar refractivity (Wildman–Crippen MR) is 55.3 cm³/mol. The summed E-state index contributed by atoms with van der Waals surface area (Å²) >= 11 is 1.40. The Kier molecular flexibility index (Phi) is 2.56. The molecule has 0 amide bonds. The van der Waals surface area contributed by atoms with Gasteiger partial charge in [-0.3, -0.25) is 0 Å². The lowest BCUT2D eigenvalue weighted by atomic mass is 9.91. The molecule has 2 rings (SSSR count). The molecule has 13 heavy (non-hydrogen) atoms. The summed E-state index contributed by atoms with van der Waals surface area (Å²) in [5.74, 6) is 0. The van der Waals surface area contributed by atoms with Crippen LogP contribution in [0.4, 0.5) is 0 Å². The van der Waals surface area contributed by atoms with E-state index in [1.54, 1.807) is 0 Å². The van der Waals surface area contributed by atoms with Crippen LogP contribution in [0, 0.1) is 10.7 Å². The normalized spacial score (nSPS) is 20.4. The van der Waals surface area contributed by atoms with Crippen molar-refractivity contribution in [1.82, 2.24) is 0 Å². The second kappa shape index (κ2) is 3.85. The molecule has 0 saturated heterocycles. The van der Waals surface area contributed by atoms with E-state index in [0.717, 1.165) is 6.42 Å². The molecule has 0 radical (unpaired) electrons. The van der Waals surface area contributed by atoms with E-state index in [4.69, 9.17) is 5.26 Å². The molecule has 0 aliphatic heterocycles. The van der Waals surface area contributed by atoms with E-state index in [1.807, 2.05) is 0 Å². The fourth-order valence-electron chi connectivity index (χ4n) is 1.90. The smallest absolute Gasteiger partial charge is 0.133 e. The summed E-state index contributed by atoms with van der Waals surface area (Å²) in [6, 6.07) is 8.48. The molecule has 2 heteroatoms. The summed E-state index contributed by atoms with van der Waals surface area (Å²) < 4.78 is 0. The fourth-order valence-corrected chi connectivity index (χ4v) is 2.66. The standard InChI is InChI=1S/C11H11NS/c12-8-13-11-7-3-5-9-4-1-2-6-10(9)11/h1-2,4,6,11H,3,5,7H2. The van der Waals surface area contributed by atoms with Crippen LogP contribution in [0.2, 0.25) is 0 Å². The molecule has 1 aliphatic carbocycles. The van der Waals surface area contributed by atoms with E-state index in [9.17, 15) is 0 Å². The molecule has 0 fully saturated rings. The summed E-state index contributed by atoms with van der Waals surface area (Å²) in [7, 11) is 0. The van der Waals surface area contributed by atoms with E-state index in [-0.39, 0.29) is 0 Å². The van der Waals surface area contributed by atoms with Gasteiger partial charge in [0.05, 0.1) is 0 Å². The predicted octanol–water partition coefficient (Wildman–Crippen LogP) is 3.28. The van der Waals surface area contributed by atoms with Gasteiger partial charge in [-0.1, -0.05) is 24.3 Å². The van der Waals surface area contributed by atoms with Gasteiger partial charge >= 0.3 is 0 Å². The van der Waals surface area contributed by atoms with Crippen LogP contribution in [0.3, 0.4) is 0 Å². The third-order valence-corrected chi connectivity index (χ3v) is 3.39. The first-order chi connectivity index (χ1) is 6.42. The topological polar surface area (TPSA) is 23.8 Å². The molecule has 1 aliphatic rings. The van der Waals surface area contributed by atoms with Crippen molar-refractivity contribution in [3.63, 3.8) is 0 Å². The van der Waals surface area contributed by atoms with Gasteiger partial charge in [0, 0.05) is 5.25 Å². The van der Waals surface area contributed by atoms with Gasteiger partial charge in [-0.25, -0.2) is 0 Å². The number of thiocyanates is 1. The molecule has 1 nitrogen and oxygen atoms in total. The minimum absolute atomic E-state index is 0.412. The maximum atomic E-state index is 8.66. The van der Waals surface area contributed by atoms with E-state index in [0.29, 0.717) is 5.25 Å². The first-order valence-corrected chi connectivity index (χ1v) is 5.42. The van der Waals surface area contributed by atoms with Crippen LogP contribution in [0.5, 0.6) is 0 Å². The summed E-state index contributed by atoms with van der Waals surface area (Å²) in [5.41, 5.74) is 2.81. The number of nitrogens with zero attached hydrogens (tertiary/aromatic N) is 1. The molecule has 0 spiro atoms. The monoisotopic (exact) mass is 189 g/mol. The average Bonchev–Trinajstić information content (AvgIpc) is 2.19. The number of benzene rings is 1. The largest absolute Gasteiger partial charge is 0.185 e. The minimum Gasteiger partial charge on any atom is -0.185 e. The molecule has 0 N–H and O–H groups in total. The van der Waals surface area contributed by atoms with Crippen molar-refractivity contribution in [3.8, 4) is 5.40 Å². The quantitative estimate of drug-likeness (QED) is 0.633. The van der Waals surface area contributed by atoms with Gasteiger partial charge < -0.3 is 0 Å². The van der Waals surface area contributed by atoms with Crippen molar-refractivity contribution in [1.29, 1.82) is 5.26 Å². The van der Waals surface area contributed by atoms with Crippen molar-refractivity contribution in [2.75, 3.05) is 0 Å². The van der Waals surface area contributed by atoms with E-state index in [1.165, 1.54) is 35.7 Å². The summed E-state index contributed by atoms with van der Waals surface area (Å²) in [5, 5.41) is 11.3. The minimum atomic E-state index is 0.412. The van der Waals surface area contributed by atoms with Crippen LogP contribution in [0.1, 0.15) is 29.2 Å². The molecular formula is C11H11NS. The van der Waals surface area contributed by atoms with Gasteiger partial charge in [-0.2, -0.15) is 5.26 Å². The van der Waals surface area contributed by atoms with E-state index in [2.05, 4.69) is 29.7 Å². The average molecular weight is 189 g/mol. The lowest BCUT2D eigenvalue weighted by Gasteiger charge is -2.22. The number of thioether (sulfide) groups is 1. The Hall–Kier alpha value is -0.940. The zero-order valence-corrected chi connectivity index (χ0v) is 8.18. The number of hydrogen-bond acceptors (Lipinski definition) is 2. The van der Waals surface area contributed by atoms with Gasteiger partial charge in [0.15, 0.2) is 0 Å². The molecule has 1 aromatic carbocycles. The first kappa shape index (κ1) is 8.65. The lowest BCUT2D eigenvalue weighted by Crippen LogP contribution is -2.05. The number of rotatable bonds is 1. The zero-order chi connectivity index (χ0) is 9.10. The second-order valence-electron chi connectivity index (χ2n) is 3.29. The van der Waals surface area contributed by atoms with Crippen molar-refractivity contribution in [2.45, 2.75) is 24.5 Å². The van der Waals surface area contributed by atoms with Crippen LogP contribution in [0.25, 0.3) is 0 Å². The highest BCUT2D eigenvalue weighted by Crippen LogP contribution is 2.38. The Bertz CT molecular complexity index is 340. The highest BCUT2D eigenvalue weighted by Gasteiger charge is 2.19. The Morgan fingerprint density at radius 1 is 1.38 bits per heavy atom. The maximum absolute atomic E-state index is 8.66. The molecule has 0 aromatic heterocycles. The van der Waals surface area contributed by atoms with Crippen LogP contribution < -0.4 is 0 Å². The van der Waals surface area contributed by atoms with Gasteiger partial charge in [0.25, 0.3) is 0 Å². The summed E-state index contributed by atoms with van der Waals surface area (Å²) in [6.07, 6.45) is 3.55. The number of aryl methyl sites for hydroxylation is 1. The third kappa shape index (κ3) is 1.71. The third-order valence-electron chi connectivity index (χ3n) is 2.51. The lowest BCUT2D eigenvalue weighted by molar-refractivity contribution is 0.675. The fraction of sp³-hybridized carbons (Fsp3) is 0.364. The van der Waals surface area contributed by atoms with Gasteiger partial charge in [-0.15, -0.1) is 0 Å². The molecule has 0 saturated carbocycles. The summed E-state index contributed by atoms with van der Waals surface area (Å²) in [4.78, 5) is 0. The van der Waals surface area contributed by atoms with Gasteiger partial charge in [0.1, 0.15) is 5.40 Å². The van der Waals surface area contributed by atoms with Crippen LogP contribution in [-0.4, -0.2) is 0 Å². The Morgan fingerprint density at radius 2 is 2.23 bits per heavy atom. The molecule has 0 heterocycles. The number of fused-ring (bicyclic) bond motifs is 1. The second-order valence-corrected chi connectivity index (χ2v) is 4.28. The molecule has 1 unspecified atom stereocenters. The van der Waals surface area contributed by atoms with Crippen LogP contribution >= 0.6 is 11.8 Å². The van der Waals surface area contributed by atoms with E-state index >= 15 is 0 Å². The molecule has 0 bridgehead atoms. The maximum Gasteiger partial charge on any atom is 0.133 e. The van der Waals surface area contributed by atoms with Crippen molar-refractivity contribution in [3.05, 3.63) is 35.4 Å². The van der Waals surface area contributed by atoms with Crippen molar-refractivity contribution < 1.29 is 0 Å². The molecule has 1 aromatic rings. The Balaban J connectivity index is 2.32. The molecule has 66 valence electrons. The Morgan fingerprint density at radius 3 is 3.08 bits per heavy atom. The van der Waals surface area contributed by atoms with E-state index < -0.39 is 0 Å². The SMILES string of the molecule is N#CSC1CCCc2ccccc21. The van der Waals surface area contributed by atoms with Crippen LogP contribution in [0.15, 0.2) is 24.3 Å². The zero-order valence-electron chi connectivity index (χ0n) is 7.36. The van der Waals surface area contributed by atoms with Gasteiger partial charge in [-0.05, 0) is 42.2 Å². The highest BCUT2D eigenvalue weighted by molar-refractivity contribution is 8.03. The summed E-state index contributed by atoms with van der Waals surface area (Å²) in [6.45, 7) is 0. The van der Waals surface area contributed by atoms with Crippen LogP contribution in [-0.2, 0) is 6.42 Å². The van der Waals surface area contributed by atoms with Crippen molar-refractivity contribution in [2.24, 2.45) is 0 Å². The first-order valence-electron chi connectivity index (χ1n) is 4.54. The number of nitriles is 1. The highest BCUT2D eigenvalue weighted by atomic mass is 32.2.